The van der Waals surface area contributed by atoms with Gasteiger partial charge in [-0.15, -0.1) is 0 Å². The van der Waals surface area contributed by atoms with E-state index in [0.29, 0.717) is 0 Å². The first-order valence-electron chi connectivity index (χ1n) is 7.51. The van der Waals surface area contributed by atoms with Gasteiger partial charge in [0.2, 0.25) is 5.91 Å². The van der Waals surface area contributed by atoms with Gasteiger partial charge in [0.25, 0.3) is 0 Å². The van der Waals surface area contributed by atoms with Gasteiger partial charge < -0.3 is 4.90 Å². The molecule has 5 nitrogen and oxygen atoms in total. The molecule has 5 heteroatoms. The normalized spacial score (nSPS) is 19.5. The second-order valence-electron chi connectivity index (χ2n) is 5.74. The molecule has 1 saturated heterocycles. The zero-order chi connectivity index (χ0) is 15.5. The van der Waals surface area contributed by atoms with Crippen molar-refractivity contribution in [3.63, 3.8) is 0 Å². The maximum Gasteiger partial charge on any atom is 0.239 e. The first-order valence-corrected chi connectivity index (χ1v) is 7.51. The van der Waals surface area contributed by atoms with Gasteiger partial charge in [-0.05, 0) is 24.5 Å². The molecule has 1 aromatic carbocycles. The Morgan fingerprint density at radius 1 is 1.18 bits per heavy atom. The van der Waals surface area contributed by atoms with Gasteiger partial charge in [0, 0.05) is 37.6 Å². The summed E-state index contributed by atoms with van der Waals surface area (Å²) in [4.78, 5) is 21.8. The SMILES string of the molecule is C[C@H](N[C@@H]1CCN(C)C1=O)c1ccc(-c2cncnc2)cc1. The lowest BCUT2D eigenvalue weighted by molar-refractivity contribution is -0.128. The van der Waals surface area contributed by atoms with E-state index in [2.05, 4.69) is 46.5 Å². The molecule has 0 saturated carbocycles. The molecule has 0 bridgehead atoms. The van der Waals surface area contributed by atoms with Crippen LogP contribution in [0.2, 0.25) is 0 Å². The van der Waals surface area contributed by atoms with E-state index < -0.39 is 0 Å². The van der Waals surface area contributed by atoms with Crippen LogP contribution in [-0.2, 0) is 4.79 Å². The zero-order valence-electron chi connectivity index (χ0n) is 12.9. The zero-order valence-corrected chi connectivity index (χ0v) is 12.9. The molecule has 1 amide bonds. The lowest BCUT2D eigenvalue weighted by Gasteiger charge is -2.19. The van der Waals surface area contributed by atoms with Crippen LogP contribution in [-0.4, -0.2) is 40.4 Å². The molecule has 2 heterocycles. The van der Waals surface area contributed by atoms with Gasteiger partial charge in [-0.25, -0.2) is 9.97 Å². The van der Waals surface area contributed by atoms with Crippen LogP contribution in [0, 0.1) is 0 Å². The topological polar surface area (TPSA) is 58.1 Å². The van der Waals surface area contributed by atoms with E-state index in [1.165, 1.54) is 11.9 Å². The summed E-state index contributed by atoms with van der Waals surface area (Å²) in [6.45, 7) is 2.92. The van der Waals surface area contributed by atoms with Crippen molar-refractivity contribution in [3.8, 4) is 11.1 Å². The standard InChI is InChI=1S/C17H20N4O/c1-12(20-16-7-8-21(2)17(16)22)13-3-5-14(6-4-13)15-9-18-11-19-10-15/h3-6,9-12,16,20H,7-8H2,1-2H3/t12-,16+/m0/s1. The summed E-state index contributed by atoms with van der Waals surface area (Å²) in [7, 11) is 1.85. The van der Waals surface area contributed by atoms with E-state index in [1.807, 2.05) is 7.05 Å². The lowest BCUT2D eigenvalue weighted by Crippen LogP contribution is -2.38. The van der Waals surface area contributed by atoms with Crippen LogP contribution in [0.5, 0.6) is 0 Å². The summed E-state index contributed by atoms with van der Waals surface area (Å²) in [6.07, 6.45) is 6.01. The first-order chi connectivity index (χ1) is 10.6. The van der Waals surface area contributed by atoms with Crippen molar-refractivity contribution in [2.75, 3.05) is 13.6 Å². The van der Waals surface area contributed by atoms with Crippen molar-refractivity contribution in [1.82, 2.24) is 20.2 Å². The minimum atomic E-state index is -0.0674. The van der Waals surface area contributed by atoms with E-state index in [0.717, 1.165) is 24.1 Å². The van der Waals surface area contributed by atoms with Gasteiger partial charge in [0.15, 0.2) is 0 Å². The summed E-state index contributed by atoms with van der Waals surface area (Å²) in [5.74, 6) is 0.185. The average Bonchev–Trinajstić information content (AvgIpc) is 2.88. The van der Waals surface area contributed by atoms with Crippen LogP contribution >= 0.6 is 0 Å². The van der Waals surface area contributed by atoms with Gasteiger partial charge in [0.05, 0.1) is 6.04 Å². The highest BCUT2D eigenvalue weighted by Crippen LogP contribution is 2.22. The third-order valence-corrected chi connectivity index (χ3v) is 4.18. The predicted octanol–water partition coefficient (Wildman–Crippen LogP) is 2.02. The molecular formula is C17H20N4O. The van der Waals surface area contributed by atoms with Gasteiger partial charge in [-0.2, -0.15) is 0 Å². The van der Waals surface area contributed by atoms with Crippen LogP contribution in [0.15, 0.2) is 43.0 Å². The molecule has 1 N–H and O–H groups in total. The highest BCUT2D eigenvalue weighted by molar-refractivity contribution is 5.83. The number of benzene rings is 1. The number of likely N-dealkylation sites (N-methyl/N-ethyl adjacent to an activating group) is 1. The quantitative estimate of drug-likeness (QED) is 0.938. The van der Waals surface area contributed by atoms with Crippen LogP contribution < -0.4 is 5.32 Å². The summed E-state index contributed by atoms with van der Waals surface area (Å²) in [5.41, 5.74) is 3.26. The minimum absolute atomic E-state index is 0.0674. The van der Waals surface area contributed by atoms with Gasteiger partial charge in [-0.3, -0.25) is 10.1 Å². The van der Waals surface area contributed by atoms with Gasteiger partial charge in [-0.1, -0.05) is 24.3 Å². The molecule has 1 aliphatic rings. The number of rotatable bonds is 4. The second-order valence-corrected chi connectivity index (χ2v) is 5.74. The Hall–Kier alpha value is -2.27. The number of nitrogens with zero attached hydrogens (tertiary/aromatic N) is 3. The number of amides is 1. The number of nitrogens with one attached hydrogen (secondary N) is 1. The molecule has 0 aliphatic carbocycles. The van der Waals surface area contributed by atoms with E-state index in [1.54, 1.807) is 17.3 Å². The summed E-state index contributed by atoms with van der Waals surface area (Å²) < 4.78 is 0. The summed E-state index contributed by atoms with van der Waals surface area (Å²) in [5, 5.41) is 3.42. The van der Waals surface area contributed by atoms with Gasteiger partial charge in [0.1, 0.15) is 6.33 Å². The molecule has 1 aliphatic heterocycles. The number of hydrogen-bond acceptors (Lipinski definition) is 4. The Morgan fingerprint density at radius 2 is 1.86 bits per heavy atom. The molecule has 1 fully saturated rings. The molecule has 114 valence electrons. The van der Waals surface area contributed by atoms with Crippen molar-refractivity contribution < 1.29 is 4.79 Å². The summed E-state index contributed by atoms with van der Waals surface area (Å²) >= 11 is 0. The highest BCUT2D eigenvalue weighted by atomic mass is 16.2. The fourth-order valence-electron chi connectivity index (χ4n) is 2.79. The van der Waals surface area contributed by atoms with Crippen molar-refractivity contribution >= 4 is 5.91 Å². The largest absolute Gasteiger partial charge is 0.344 e. The number of likely N-dealkylation sites (tertiary alicyclic amines) is 1. The first kappa shape index (κ1) is 14.7. The third kappa shape index (κ3) is 2.99. The fourth-order valence-corrected chi connectivity index (χ4v) is 2.79. The maximum absolute atomic E-state index is 12.0. The average molecular weight is 296 g/mol. The molecule has 0 radical (unpaired) electrons. The van der Waals surface area contributed by atoms with Crippen LogP contribution in [0.1, 0.15) is 24.9 Å². The fraction of sp³-hybridized carbons (Fsp3) is 0.353. The summed E-state index contributed by atoms with van der Waals surface area (Å²) in [6, 6.07) is 8.37. The number of aromatic nitrogens is 2. The Balaban J connectivity index is 1.69. The maximum atomic E-state index is 12.0. The molecule has 1 aromatic heterocycles. The highest BCUT2D eigenvalue weighted by Gasteiger charge is 2.29. The van der Waals surface area contributed by atoms with E-state index in [4.69, 9.17) is 0 Å². The Kier molecular flexibility index (Phi) is 4.15. The van der Waals surface area contributed by atoms with E-state index in [-0.39, 0.29) is 18.0 Å². The van der Waals surface area contributed by atoms with Crippen LogP contribution in [0.3, 0.4) is 0 Å². The minimum Gasteiger partial charge on any atom is -0.344 e. The third-order valence-electron chi connectivity index (χ3n) is 4.18. The Morgan fingerprint density at radius 3 is 2.45 bits per heavy atom. The molecule has 0 unspecified atom stereocenters. The monoisotopic (exact) mass is 296 g/mol. The van der Waals surface area contributed by atoms with Crippen molar-refractivity contribution in [3.05, 3.63) is 48.5 Å². The van der Waals surface area contributed by atoms with Gasteiger partial charge >= 0.3 is 0 Å². The van der Waals surface area contributed by atoms with Crippen LogP contribution in [0.25, 0.3) is 11.1 Å². The predicted molar refractivity (Wildman–Crippen MR) is 85.1 cm³/mol. The smallest absolute Gasteiger partial charge is 0.239 e. The number of carbonyl (C=O) groups is 1. The molecule has 2 aromatic rings. The Labute approximate surface area is 130 Å². The molecule has 2 atom stereocenters. The molecule has 3 rings (SSSR count). The number of carbonyl (C=O) groups excluding carboxylic acids is 1. The van der Waals surface area contributed by atoms with Crippen LogP contribution in [0.4, 0.5) is 0 Å². The molecule has 0 spiro atoms. The van der Waals surface area contributed by atoms with Crippen molar-refractivity contribution in [2.24, 2.45) is 0 Å². The van der Waals surface area contributed by atoms with Crippen molar-refractivity contribution in [1.29, 1.82) is 0 Å². The second kappa shape index (κ2) is 6.23. The molecular weight excluding hydrogens is 276 g/mol. The van der Waals surface area contributed by atoms with E-state index in [9.17, 15) is 4.79 Å². The van der Waals surface area contributed by atoms with E-state index >= 15 is 0 Å². The number of hydrogen-bond donors (Lipinski definition) is 1. The lowest BCUT2D eigenvalue weighted by atomic mass is 10.0. The molecule has 22 heavy (non-hydrogen) atoms. The van der Waals surface area contributed by atoms with Crippen molar-refractivity contribution in [2.45, 2.75) is 25.4 Å². The Bertz CT molecular complexity index is 641.